The molecule has 3 aromatic rings. The van der Waals surface area contributed by atoms with Crippen molar-refractivity contribution < 1.29 is 9.53 Å². The van der Waals surface area contributed by atoms with E-state index in [9.17, 15) is 4.79 Å². The summed E-state index contributed by atoms with van der Waals surface area (Å²) in [5, 5.41) is 1.65. The summed E-state index contributed by atoms with van der Waals surface area (Å²) >= 11 is 12.5. The van der Waals surface area contributed by atoms with E-state index in [0.29, 0.717) is 22.3 Å². The zero-order valence-corrected chi connectivity index (χ0v) is 13.9. The molecule has 6 heteroatoms. The zero-order chi connectivity index (χ0) is 16.4. The Morgan fingerprint density at radius 3 is 2.65 bits per heavy atom. The normalized spacial score (nSPS) is 10.9. The number of nitrogens with zero attached hydrogens (tertiary/aromatic N) is 2. The van der Waals surface area contributed by atoms with E-state index in [-0.39, 0.29) is 6.61 Å². The third kappa shape index (κ3) is 3.05. The van der Waals surface area contributed by atoms with Crippen LogP contribution in [0.15, 0.2) is 42.7 Å². The molecule has 0 amide bonds. The summed E-state index contributed by atoms with van der Waals surface area (Å²) in [7, 11) is 0. The minimum absolute atomic E-state index is 0.284. The molecule has 0 bridgehead atoms. The van der Waals surface area contributed by atoms with Crippen LogP contribution in [0.1, 0.15) is 23.0 Å². The van der Waals surface area contributed by atoms with E-state index in [1.807, 2.05) is 22.8 Å². The Morgan fingerprint density at radius 2 is 1.96 bits per heavy atom. The Labute approximate surface area is 143 Å². The number of halogens is 2. The second-order valence-electron chi connectivity index (χ2n) is 4.99. The van der Waals surface area contributed by atoms with Crippen LogP contribution in [0.4, 0.5) is 0 Å². The van der Waals surface area contributed by atoms with Crippen molar-refractivity contribution in [1.82, 2.24) is 9.55 Å². The number of pyridine rings is 1. The van der Waals surface area contributed by atoms with Crippen LogP contribution in [-0.4, -0.2) is 22.1 Å². The third-order valence-electron chi connectivity index (χ3n) is 3.52. The largest absolute Gasteiger partial charge is 0.461 e. The number of aromatic nitrogens is 2. The number of carbonyl (C=O) groups excluding carboxylic acids is 1. The fourth-order valence-corrected chi connectivity index (χ4v) is 3.02. The van der Waals surface area contributed by atoms with Crippen LogP contribution in [0, 0.1) is 0 Å². The van der Waals surface area contributed by atoms with Gasteiger partial charge < -0.3 is 9.30 Å². The van der Waals surface area contributed by atoms with E-state index in [1.54, 1.807) is 31.5 Å². The standard InChI is InChI=1S/C17H14Cl2N2O2/c1-2-23-17(22)16-15(19)13-9-12(18)3-4-14(13)21(16)10-11-5-7-20-8-6-11/h3-9H,2,10H2,1H3. The van der Waals surface area contributed by atoms with Gasteiger partial charge in [-0.2, -0.15) is 0 Å². The van der Waals surface area contributed by atoms with E-state index < -0.39 is 5.97 Å². The lowest BCUT2D eigenvalue weighted by molar-refractivity contribution is 0.0515. The van der Waals surface area contributed by atoms with Crippen molar-refractivity contribution in [2.45, 2.75) is 13.5 Å². The molecule has 0 fully saturated rings. The van der Waals surface area contributed by atoms with Gasteiger partial charge in [-0.25, -0.2) is 4.79 Å². The fourth-order valence-electron chi connectivity index (χ4n) is 2.52. The summed E-state index contributed by atoms with van der Waals surface area (Å²) in [6, 6.07) is 9.17. The van der Waals surface area contributed by atoms with Gasteiger partial charge in [-0.05, 0) is 42.8 Å². The first-order chi connectivity index (χ1) is 11.1. The molecule has 0 aliphatic heterocycles. The Hall–Kier alpha value is -2.04. The number of hydrogen-bond donors (Lipinski definition) is 0. The van der Waals surface area contributed by atoms with Gasteiger partial charge in [0.2, 0.25) is 0 Å². The van der Waals surface area contributed by atoms with E-state index >= 15 is 0 Å². The summed E-state index contributed by atoms with van der Waals surface area (Å²) in [4.78, 5) is 16.4. The van der Waals surface area contributed by atoms with Crippen LogP contribution in [-0.2, 0) is 11.3 Å². The molecule has 0 aliphatic rings. The average Bonchev–Trinajstić information content (AvgIpc) is 2.81. The maximum Gasteiger partial charge on any atom is 0.356 e. The highest BCUT2D eigenvalue weighted by Gasteiger charge is 2.23. The first kappa shape index (κ1) is 15.8. The van der Waals surface area contributed by atoms with Crippen molar-refractivity contribution in [3.8, 4) is 0 Å². The van der Waals surface area contributed by atoms with Crippen molar-refractivity contribution in [3.05, 3.63) is 64.0 Å². The van der Waals surface area contributed by atoms with Crippen molar-refractivity contribution in [2.75, 3.05) is 6.61 Å². The Kier molecular flexibility index (Phi) is 4.55. The van der Waals surface area contributed by atoms with E-state index in [0.717, 1.165) is 16.5 Å². The molecule has 2 aromatic heterocycles. The minimum Gasteiger partial charge on any atom is -0.461 e. The molecule has 118 valence electrons. The zero-order valence-electron chi connectivity index (χ0n) is 12.4. The average molecular weight is 349 g/mol. The van der Waals surface area contributed by atoms with Crippen LogP contribution in [0.3, 0.4) is 0 Å². The second kappa shape index (κ2) is 6.60. The highest BCUT2D eigenvalue weighted by atomic mass is 35.5. The number of hydrogen-bond acceptors (Lipinski definition) is 3. The predicted molar refractivity (Wildman–Crippen MR) is 91.3 cm³/mol. The molecule has 2 heterocycles. The molecule has 0 unspecified atom stereocenters. The van der Waals surface area contributed by atoms with Crippen LogP contribution in [0.5, 0.6) is 0 Å². The molecule has 4 nitrogen and oxygen atoms in total. The van der Waals surface area contributed by atoms with Gasteiger partial charge in [0.15, 0.2) is 0 Å². The molecule has 3 rings (SSSR count). The summed E-state index contributed by atoms with van der Waals surface area (Å²) in [5.41, 5.74) is 2.18. The van der Waals surface area contributed by atoms with Crippen molar-refractivity contribution in [2.24, 2.45) is 0 Å². The summed E-state index contributed by atoms with van der Waals surface area (Å²) in [6.07, 6.45) is 3.42. The molecule has 0 atom stereocenters. The number of benzene rings is 1. The van der Waals surface area contributed by atoms with Gasteiger partial charge in [-0.15, -0.1) is 0 Å². The molecule has 1 aromatic carbocycles. The maximum atomic E-state index is 12.4. The van der Waals surface area contributed by atoms with E-state index in [4.69, 9.17) is 27.9 Å². The van der Waals surface area contributed by atoms with Gasteiger partial charge in [0.05, 0.1) is 17.1 Å². The number of ether oxygens (including phenoxy) is 1. The van der Waals surface area contributed by atoms with Crippen molar-refractivity contribution in [1.29, 1.82) is 0 Å². The monoisotopic (exact) mass is 348 g/mol. The minimum atomic E-state index is -0.445. The number of carbonyl (C=O) groups is 1. The lowest BCUT2D eigenvalue weighted by Crippen LogP contribution is -2.13. The molecular formula is C17H14Cl2N2O2. The second-order valence-corrected chi connectivity index (χ2v) is 5.80. The van der Waals surface area contributed by atoms with Gasteiger partial charge in [0.25, 0.3) is 0 Å². The SMILES string of the molecule is CCOC(=O)c1c(Cl)c2cc(Cl)ccc2n1Cc1ccncc1. The first-order valence-corrected chi connectivity index (χ1v) is 7.90. The Balaban J connectivity index is 2.20. The first-order valence-electron chi connectivity index (χ1n) is 7.15. The van der Waals surface area contributed by atoms with E-state index in [2.05, 4.69) is 4.98 Å². The van der Waals surface area contributed by atoms with Crippen LogP contribution < -0.4 is 0 Å². The number of fused-ring (bicyclic) bond motifs is 1. The van der Waals surface area contributed by atoms with Crippen LogP contribution in [0.25, 0.3) is 10.9 Å². The van der Waals surface area contributed by atoms with Gasteiger partial charge in [-0.3, -0.25) is 4.98 Å². The van der Waals surface area contributed by atoms with Gasteiger partial charge in [0, 0.05) is 29.3 Å². The quantitative estimate of drug-likeness (QED) is 0.648. The highest BCUT2D eigenvalue weighted by molar-refractivity contribution is 6.39. The molecule has 0 spiro atoms. The lowest BCUT2D eigenvalue weighted by Gasteiger charge is -2.10. The number of rotatable bonds is 4. The van der Waals surface area contributed by atoms with Gasteiger partial charge in [-0.1, -0.05) is 23.2 Å². The summed E-state index contributed by atoms with van der Waals surface area (Å²) < 4.78 is 7.01. The Morgan fingerprint density at radius 1 is 1.22 bits per heavy atom. The number of esters is 1. The third-order valence-corrected chi connectivity index (χ3v) is 4.14. The molecule has 0 saturated heterocycles. The highest BCUT2D eigenvalue weighted by Crippen LogP contribution is 2.33. The maximum absolute atomic E-state index is 12.4. The van der Waals surface area contributed by atoms with E-state index in [1.165, 1.54) is 0 Å². The van der Waals surface area contributed by atoms with Crippen molar-refractivity contribution >= 4 is 40.1 Å². The van der Waals surface area contributed by atoms with Gasteiger partial charge >= 0.3 is 5.97 Å². The van der Waals surface area contributed by atoms with Crippen LogP contribution in [0.2, 0.25) is 10.0 Å². The lowest BCUT2D eigenvalue weighted by atomic mass is 10.2. The predicted octanol–water partition coefficient (Wildman–Crippen LogP) is 4.57. The Bertz CT molecular complexity index is 860. The molecule has 0 aliphatic carbocycles. The molecule has 0 saturated carbocycles. The molecular weight excluding hydrogens is 335 g/mol. The molecule has 23 heavy (non-hydrogen) atoms. The molecule has 0 radical (unpaired) electrons. The topological polar surface area (TPSA) is 44.1 Å². The summed E-state index contributed by atoms with van der Waals surface area (Å²) in [6.45, 7) is 2.53. The molecule has 0 N–H and O–H groups in total. The van der Waals surface area contributed by atoms with Crippen molar-refractivity contribution in [3.63, 3.8) is 0 Å². The van der Waals surface area contributed by atoms with Crippen LogP contribution >= 0.6 is 23.2 Å². The smallest absolute Gasteiger partial charge is 0.356 e. The summed E-state index contributed by atoms with van der Waals surface area (Å²) in [5.74, 6) is -0.445. The van der Waals surface area contributed by atoms with Gasteiger partial charge in [0.1, 0.15) is 5.69 Å². The fraction of sp³-hybridized carbons (Fsp3) is 0.176.